The van der Waals surface area contributed by atoms with Gasteiger partial charge in [-0.2, -0.15) is 0 Å². The number of benzene rings is 1. The number of nitrogens with zero attached hydrogens (tertiary/aromatic N) is 2. The molecule has 1 aliphatic heterocycles. The Hall–Kier alpha value is -2.18. The minimum absolute atomic E-state index is 0.224. The maximum atomic E-state index is 12.0. The lowest BCUT2D eigenvalue weighted by atomic mass is 10.1. The molecule has 23 heavy (non-hydrogen) atoms. The quantitative estimate of drug-likeness (QED) is 0.737. The molecule has 1 fully saturated rings. The number of hydrogen-bond donors (Lipinski definition) is 3. The van der Waals surface area contributed by atoms with Crippen molar-refractivity contribution in [3.05, 3.63) is 54.1 Å². The fourth-order valence-electron chi connectivity index (χ4n) is 2.97. The molecule has 0 spiro atoms. The summed E-state index contributed by atoms with van der Waals surface area (Å²) in [5.41, 5.74) is 1.75. The molecule has 3 N–H and O–H groups in total. The average molecular weight is 314 g/mol. The highest BCUT2D eigenvalue weighted by Gasteiger charge is 2.32. The predicted octanol–water partition coefficient (Wildman–Crippen LogP) is 0.817. The molecule has 1 aliphatic rings. The van der Waals surface area contributed by atoms with Crippen LogP contribution in [0.15, 0.2) is 42.9 Å². The van der Waals surface area contributed by atoms with Crippen LogP contribution in [0.5, 0.6) is 0 Å². The van der Waals surface area contributed by atoms with Gasteiger partial charge in [-0.1, -0.05) is 30.3 Å². The van der Waals surface area contributed by atoms with Crippen LogP contribution < -0.4 is 5.32 Å². The number of aromatic nitrogens is 2. The zero-order chi connectivity index (χ0) is 16.1. The number of carbonyl (C=O) groups is 1. The van der Waals surface area contributed by atoms with Crippen LogP contribution in [-0.2, 0) is 6.42 Å². The minimum Gasteiger partial charge on any atom is -0.390 e. The van der Waals surface area contributed by atoms with E-state index in [2.05, 4.69) is 44.5 Å². The highest BCUT2D eigenvalue weighted by atomic mass is 16.3. The predicted molar refractivity (Wildman–Crippen MR) is 87.1 cm³/mol. The molecule has 0 radical (unpaired) electrons. The molecule has 2 atom stereocenters. The monoisotopic (exact) mass is 314 g/mol. The number of imidazole rings is 1. The third-order valence-electron chi connectivity index (χ3n) is 4.21. The highest BCUT2D eigenvalue weighted by Crippen LogP contribution is 2.12. The van der Waals surface area contributed by atoms with Crippen molar-refractivity contribution >= 4 is 5.91 Å². The molecule has 6 heteroatoms. The van der Waals surface area contributed by atoms with E-state index in [1.54, 1.807) is 0 Å². The summed E-state index contributed by atoms with van der Waals surface area (Å²) in [6, 6.07) is 10.2. The third-order valence-corrected chi connectivity index (χ3v) is 4.21. The molecular weight excluding hydrogens is 292 g/mol. The summed E-state index contributed by atoms with van der Waals surface area (Å²) in [6.45, 7) is 2.20. The summed E-state index contributed by atoms with van der Waals surface area (Å²) in [5, 5.41) is 13.0. The Kier molecular flexibility index (Phi) is 5.05. The number of hydrogen-bond acceptors (Lipinski definition) is 4. The number of aromatic amines is 1. The van der Waals surface area contributed by atoms with Gasteiger partial charge in [0.1, 0.15) is 5.69 Å². The zero-order valence-electron chi connectivity index (χ0n) is 13.0. The van der Waals surface area contributed by atoms with Gasteiger partial charge in [0.05, 0.1) is 24.7 Å². The van der Waals surface area contributed by atoms with Crippen molar-refractivity contribution < 1.29 is 9.90 Å². The van der Waals surface area contributed by atoms with Crippen LogP contribution in [-0.4, -0.2) is 57.7 Å². The number of β-amino-alcohol motifs (C(OH)–C–C–N with tert-alkyl or cyclic N) is 1. The number of H-pyrrole nitrogens is 1. The Morgan fingerprint density at radius 1 is 1.35 bits per heavy atom. The van der Waals surface area contributed by atoms with E-state index in [4.69, 9.17) is 0 Å². The Morgan fingerprint density at radius 2 is 2.17 bits per heavy atom. The lowest BCUT2D eigenvalue weighted by Crippen LogP contribution is -2.43. The van der Waals surface area contributed by atoms with Crippen molar-refractivity contribution in [2.75, 3.05) is 19.6 Å². The van der Waals surface area contributed by atoms with E-state index in [-0.39, 0.29) is 11.9 Å². The molecule has 0 saturated carbocycles. The zero-order valence-corrected chi connectivity index (χ0v) is 13.0. The van der Waals surface area contributed by atoms with Gasteiger partial charge in [-0.15, -0.1) is 0 Å². The molecule has 0 aliphatic carbocycles. The first-order valence-electron chi connectivity index (χ1n) is 7.96. The van der Waals surface area contributed by atoms with E-state index in [9.17, 15) is 9.90 Å². The van der Waals surface area contributed by atoms with Gasteiger partial charge in [0.25, 0.3) is 5.91 Å². The van der Waals surface area contributed by atoms with E-state index >= 15 is 0 Å². The standard InChI is InChI=1S/C17H22N4O2/c22-16-11-21(8-4-7-13-5-2-1-3-6-13)10-15(16)20-17(23)14-9-18-12-19-14/h1-3,5-6,9,12,15-16,22H,4,7-8,10-11H2,(H,18,19)(H,20,23)/t15-,16-/m1/s1. The average Bonchev–Trinajstić information content (AvgIpc) is 3.19. The topological polar surface area (TPSA) is 81.2 Å². The molecule has 6 nitrogen and oxygen atoms in total. The summed E-state index contributed by atoms with van der Waals surface area (Å²) in [4.78, 5) is 20.8. The van der Waals surface area contributed by atoms with Gasteiger partial charge in [-0.25, -0.2) is 4.98 Å². The van der Waals surface area contributed by atoms with Crippen molar-refractivity contribution in [2.24, 2.45) is 0 Å². The number of aliphatic hydroxyl groups excluding tert-OH is 1. The molecule has 2 aromatic rings. The molecule has 1 amide bonds. The number of likely N-dealkylation sites (tertiary alicyclic amines) is 1. The molecule has 122 valence electrons. The van der Waals surface area contributed by atoms with Gasteiger partial charge in [-0.05, 0) is 24.9 Å². The third kappa shape index (κ3) is 4.18. The minimum atomic E-state index is -0.529. The summed E-state index contributed by atoms with van der Waals surface area (Å²) >= 11 is 0. The first kappa shape index (κ1) is 15.7. The van der Waals surface area contributed by atoms with E-state index in [1.807, 2.05) is 6.07 Å². The maximum Gasteiger partial charge on any atom is 0.269 e. The smallest absolute Gasteiger partial charge is 0.269 e. The second-order valence-corrected chi connectivity index (χ2v) is 5.96. The summed E-state index contributed by atoms with van der Waals surface area (Å²) in [7, 11) is 0. The lowest BCUT2D eigenvalue weighted by Gasteiger charge is -2.16. The second-order valence-electron chi connectivity index (χ2n) is 5.96. The Morgan fingerprint density at radius 3 is 2.91 bits per heavy atom. The maximum absolute atomic E-state index is 12.0. The molecule has 1 saturated heterocycles. The van der Waals surface area contributed by atoms with Crippen LogP contribution in [0.4, 0.5) is 0 Å². The molecule has 3 rings (SSSR count). The van der Waals surface area contributed by atoms with Gasteiger partial charge < -0.3 is 15.4 Å². The van der Waals surface area contributed by atoms with Crippen molar-refractivity contribution in [3.8, 4) is 0 Å². The largest absolute Gasteiger partial charge is 0.390 e. The van der Waals surface area contributed by atoms with Gasteiger partial charge in [0.2, 0.25) is 0 Å². The lowest BCUT2D eigenvalue weighted by molar-refractivity contribution is 0.0884. The van der Waals surface area contributed by atoms with E-state index in [0.717, 1.165) is 19.4 Å². The van der Waals surface area contributed by atoms with E-state index < -0.39 is 6.10 Å². The number of aliphatic hydroxyl groups is 1. The van der Waals surface area contributed by atoms with Gasteiger partial charge in [0.15, 0.2) is 0 Å². The van der Waals surface area contributed by atoms with Crippen LogP contribution >= 0.6 is 0 Å². The Bertz CT molecular complexity index is 615. The fraction of sp³-hybridized carbons (Fsp3) is 0.412. The van der Waals surface area contributed by atoms with Crippen LogP contribution in [0.2, 0.25) is 0 Å². The number of amides is 1. The molecule has 0 unspecified atom stereocenters. The van der Waals surface area contributed by atoms with Gasteiger partial charge in [0, 0.05) is 13.1 Å². The highest BCUT2D eigenvalue weighted by molar-refractivity contribution is 5.92. The summed E-state index contributed by atoms with van der Waals surface area (Å²) < 4.78 is 0. The number of rotatable bonds is 6. The molecular formula is C17H22N4O2. The van der Waals surface area contributed by atoms with E-state index in [0.29, 0.717) is 18.8 Å². The van der Waals surface area contributed by atoms with Gasteiger partial charge in [-0.3, -0.25) is 9.69 Å². The molecule has 1 aromatic carbocycles. The number of nitrogens with one attached hydrogen (secondary N) is 2. The van der Waals surface area contributed by atoms with Crippen LogP contribution in [0, 0.1) is 0 Å². The molecule has 0 bridgehead atoms. The van der Waals surface area contributed by atoms with Crippen molar-refractivity contribution in [1.29, 1.82) is 0 Å². The summed E-state index contributed by atoms with van der Waals surface area (Å²) in [6.07, 6.45) is 4.49. The van der Waals surface area contributed by atoms with E-state index in [1.165, 1.54) is 18.1 Å². The fourth-order valence-corrected chi connectivity index (χ4v) is 2.97. The second kappa shape index (κ2) is 7.39. The van der Waals surface area contributed by atoms with Crippen molar-refractivity contribution in [2.45, 2.75) is 25.0 Å². The first-order chi connectivity index (χ1) is 11.2. The summed E-state index contributed by atoms with van der Waals surface area (Å²) in [5.74, 6) is -0.224. The first-order valence-corrected chi connectivity index (χ1v) is 7.96. The van der Waals surface area contributed by atoms with Gasteiger partial charge >= 0.3 is 0 Å². The van der Waals surface area contributed by atoms with Crippen LogP contribution in [0.25, 0.3) is 0 Å². The Balaban J connectivity index is 1.44. The SMILES string of the molecule is O=C(N[C@@H]1CN(CCCc2ccccc2)C[C@H]1O)c1cnc[nH]1. The Labute approximate surface area is 135 Å². The number of carbonyl (C=O) groups excluding carboxylic acids is 1. The molecule has 1 aromatic heterocycles. The van der Waals surface area contributed by atoms with Crippen molar-refractivity contribution in [3.63, 3.8) is 0 Å². The molecule has 2 heterocycles. The normalized spacial score (nSPS) is 21.4. The number of aryl methyl sites for hydroxylation is 1. The van der Waals surface area contributed by atoms with Crippen LogP contribution in [0.3, 0.4) is 0 Å². The van der Waals surface area contributed by atoms with Crippen LogP contribution in [0.1, 0.15) is 22.5 Å². The van der Waals surface area contributed by atoms with Crippen molar-refractivity contribution in [1.82, 2.24) is 20.2 Å².